The van der Waals surface area contributed by atoms with Crippen molar-refractivity contribution in [3.05, 3.63) is 36.0 Å². The molecule has 1 N–H and O–H groups in total. The van der Waals surface area contributed by atoms with Crippen molar-refractivity contribution in [1.82, 2.24) is 9.88 Å². The number of rotatable bonds is 7. The van der Waals surface area contributed by atoms with Crippen LogP contribution in [0, 0.1) is 0 Å². The standard InChI is InChI=1S/C15H22N2O/c1-3-16-12-14-11-13-7-5-6-8-15(13)17(14)9-10-18-4-2/h5-8,11,16H,3-4,9-10,12H2,1-2H3. The van der Waals surface area contributed by atoms with Crippen LogP contribution in [0.2, 0.25) is 0 Å². The summed E-state index contributed by atoms with van der Waals surface area (Å²) in [6.07, 6.45) is 0. The van der Waals surface area contributed by atoms with Crippen LogP contribution in [0.5, 0.6) is 0 Å². The van der Waals surface area contributed by atoms with E-state index in [2.05, 4.69) is 47.1 Å². The molecule has 0 aliphatic rings. The van der Waals surface area contributed by atoms with Crippen molar-refractivity contribution < 1.29 is 4.74 Å². The van der Waals surface area contributed by atoms with Crippen LogP contribution in [0.15, 0.2) is 30.3 Å². The average Bonchev–Trinajstić information content (AvgIpc) is 2.75. The lowest BCUT2D eigenvalue weighted by molar-refractivity contribution is 0.139. The molecule has 0 saturated carbocycles. The van der Waals surface area contributed by atoms with E-state index in [9.17, 15) is 0 Å². The van der Waals surface area contributed by atoms with Crippen molar-refractivity contribution in [3.8, 4) is 0 Å². The number of ether oxygens (including phenoxy) is 1. The summed E-state index contributed by atoms with van der Waals surface area (Å²) in [6.45, 7) is 8.54. The number of benzene rings is 1. The van der Waals surface area contributed by atoms with Crippen molar-refractivity contribution in [2.45, 2.75) is 26.9 Å². The quantitative estimate of drug-likeness (QED) is 0.760. The minimum absolute atomic E-state index is 0.772. The predicted octanol–water partition coefficient (Wildman–Crippen LogP) is 2.79. The Hall–Kier alpha value is -1.32. The summed E-state index contributed by atoms with van der Waals surface area (Å²) < 4.78 is 7.83. The van der Waals surface area contributed by atoms with Gasteiger partial charge in [-0.25, -0.2) is 0 Å². The van der Waals surface area contributed by atoms with E-state index in [1.807, 2.05) is 6.92 Å². The number of hydrogen-bond donors (Lipinski definition) is 1. The van der Waals surface area contributed by atoms with Gasteiger partial charge in [-0.05, 0) is 31.0 Å². The number of para-hydroxylation sites is 1. The van der Waals surface area contributed by atoms with E-state index in [1.165, 1.54) is 16.6 Å². The first-order chi connectivity index (χ1) is 8.86. The first-order valence-corrected chi connectivity index (χ1v) is 6.72. The fourth-order valence-electron chi connectivity index (χ4n) is 2.23. The SMILES string of the molecule is CCNCc1cc2ccccc2n1CCOCC. The fraction of sp³-hybridized carbons (Fsp3) is 0.467. The molecule has 2 aromatic rings. The Kier molecular flexibility index (Phi) is 4.79. The van der Waals surface area contributed by atoms with Gasteiger partial charge in [0, 0.05) is 30.9 Å². The Balaban J connectivity index is 2.25. The summed E-state index contributed by atoms with van der Waals surface area (Å²) in [7, 11) is 0. The van der Waals surface area contributed by atoms with Crippen LogP contribution in [0.4, 0.5) is 0 Å². The molecule has 1 aromatic carbocycles. The molecule has 0 saturated heterocycles. The first kappa shape index (κ1) is 13.1. The maximum atomic E-state index is 5.47. The summed E-state index contributed by atoms with van der Waals surface area (Å²) in [4.78, 5) is 0. The second-order valence-electron chi connectivity index (χ2n) is 4.32. The molecule has 0 spiro atoms. The summed E-state index contributed by atoms with van der Waals surface area (Å²) in [5, 5.41) is 4.70. The lowest BCUT2D eigenvalue weighted by atomic mass is 10.2. The largest absolute Gasteiger partial charge is 0.380 e. The van der Waals surface area contributed by atoms with Gasteiger partial charge < -0.3 is 14.6 Å². The van der Waals surface area contributed by atoms with Crippen LogP contribution in [0.25, 0.3) is 10.9 Å². The van der Waals surface area contributed by atoms with E-state index < -0.39 is 0 Å². The van der Waals surface area contributed by atoms with E-state index in [0.717, 1.165) is 32.8 Å². The molecule has 0 radical (unpaired) electrons. The van der Waals surface area contributed by atoms with Crippen LogP contribution in [0.3, 0.4) is 0 Å². The van der Waals surface area contributed by atoms with Crippen LogP contribution < -0.4 is 5.32 Å². The zero-order valence-electron chi connectivity index (χ0n) is 11.3. The van der Waals surface area contributed by atoms with Crippen LogP contribution in [-0.2, 0) is 17.8 Å². The second kappa shape index (κ2) is 6.57. The number of nitrogens with one attached hydrogen (secondary N) is 1. The van der Waals surface area contributed by atoms with Crippen LogP contribution in [-0.4, -0.2) is 24.3 Å². The highest BCUT2D eigenvalue weighted by Gasteiger charge is 2.07. The Morgan fingerprint density at radius 1 is 1.22 bits per heavy atom. The van der Waals surface area contributed by atoms with E-state index in [4.69, 9.17) is 4.74 Å². The molecule has 2 rings (SSSR count). The van der Waals surface area contributed by atoms with Gasteiger partial charge in [0.2, 0.25) is 0 Å². The van der Waals surface area contributed by atoms with Gasteiger partial charge in [0.05, 0.1) is 6.61 Å². The minimum atomic E-state index is 0.772. The topological polar surface area (TPSA) is 26.2 Å². The fourth-order valence-corrected chi connectivity index (χ4v) is 2.23. The third-order valence-electron chi connectivity index (χ3n) is 3.12. The highest BCUT2D eigenvalue weighted by molar-refractivity contribution is 5.81. The summed E-state index contributed by atoms with van der Waals surface area (Å²) in [5.74, 6) is 0. The van der Waals surface area contributed by atoms with Crippen molar-refractivity contribution in [2.24, 2.45) is 0 Å². The van der Waals surface area contributed by atoms with Gasteiger partial charge in [-0.3, -0.25) is 0 Å². The normalized spacial score (nSPS) is 11.2. The van der Waals surface area contributed by atoms with E-state index in [-0.39, 0.29) is 0 Å². The summed E-state index contributed by atoms with van der Waals surface area (Å²) in [6, 6.07) is 10.8. The van der Waals surface area contributed by atoms with Gasteiger partial charge in [0.1, 0.15) is 0 Å². The smallest absolute Gasteiger partial charge is 0.0645 e. The molecule has 0 amide bonds. The van der Waals surface area contributed by atoms with Gasteiger partial charge in [-0.1, -0.05) is 25.1 Å². The average molecular weight is 246 g/mol. The molecule has 1 heterocycles. The molecule has 0 aliphatic heterocycles. The van der Waals surface area contributed by atoms with Crippen LogP contribution >= 0.6 is 0 Å². The van der Waals surface area contributed by atoms with Crippen molar-refractivity contribution in [2.75, 3.05) is 19.8 Å². The number of aromatic nitrogens is 1. The number of nitrogens with zero attached hydrogens (tertiary/aromatic N) is 1. The van der Waals surface area contributed by atoms with Gasteiger partial charge in [0.15, 0.2) is 0 Å². The molecule has 3 heteroatoms. The van der Waals surface area contributed by atoms with Gasteiger partial charge in [-0.15, -0.1) is 0 Å². The Bertz CT molecular complexity index is 490. The highest BCUT2D eigenvalue weighted by atomic mass is 16.5. The number of fused-ring (bicyclic) bond motifs is 1. The lowest BCUT2D eigenvalue weighted by Gasteiger charge is -2.11. The van der Waals surface area contributed by atoms with E-state index in [1.54, 1.807) is 0 Å². The molecular weight excluding hydrogens is 224 g/mol. The van der Waals surface area contributed by atoms with Crippen LogP contribution in [0.1, 0.15) is 19.5 Å². The van der Waals surface area contributed by atoms with Gasteiger partial charge >= 0.3 is 0 Å². The zero-order chi connectivity index (χ0) is 12.8. The molecule has 0 fully saturated rings. The van der Waals surface area contributed by atoms with Crippen molar-refractivity contribution >= 4 is 10.9 Å². The summed E-state index contributed by atoms with van der Waals surface area (Å²) in [5.41, 5.74) is 2.63. The molecular formula is C15H22N2O. The Labute approximate surface area is 109 Å². The third-order valence-corrected chi connectivity index (χ3v) is 3.12. The minimum Gasteiger partial charge on any atom is -0.380 e. The van der Waals surface area contributed by atoms with Gasteiger partial charge in [-0.2, -0.15) is 0 Å². The molecule has 1 aromatic heterocycles. The molecule has 3 nitrogen and oxygen atoms in total. The monoisotopic (exact) mass is 246 g/mol. The maximum Gasteiger partial charge on any atom is 0.0645 e. The number of hydrogen-bond acceptors (Lipinski definition) is 2. The Morgan fingerprint density at radius 3 is 2.83 bits per heavy atom. The van der Waals surface area contributed by atoms with E-state index >= 15 is 0 Å². The Morgan fingerprint density at radius 2 is 2.06 bits per heavy atom. The molecule has 0 aliphatic carbocycles. The molecule has 98 valence electrons. The highest BCUT2D eigenvalue weighted by Crippen LogP contribution is 2.19. The molecule has 18 heavy (non-hydrogen) atoms. The molecule has 0 unspecified atom stereocenters. The zero-order valence-corrected chi connectivity index (χ0v) is 11.3. The second-order valence-corrected chi connectivity index (χ2v) is 4.32. The third kappa shape index (κ3) is 2.92. The maximum absolute atomic E-state index is 5.47. The lowest BCUT2D eigenvalue weighted by Crippen LogP contribution is -2.16. The summed E-state index contributed by atoms with van der Waals surface area (Å²) >= 11 is 0. The van der Waals surface area contributed by atoms with Crippen molar-refractivity contribution in [1.29, 1.82) is 0 Å². The molecule has 0 bridgehead atoms. The van der Waals surface area contributed by atoms with Gasteiger partial charge in [0.25, 0.3) is 0 Å². The first-order valence-electron chi connectivity index (χ1n) is 6.72. The van der Waals surface area contributed by atoms with Crippen molar-refractivity contribution in [3.63, 3.8) is 0 Å². The van der Waals surface area contributed by atoms with E-state index in [0.29, 0.717) is 0 Å². The predicted molar refractivity (Wildman–Crippen MR) is 75.8 cm³/mol. The molecule has 0 atom stereocenters.